The number of ether oxygens (including phenoxy) is 1. The van der Waals surface area contributed by atoms with Crippen LogP contribution in [0.2, 0.25) is 0 Å². The molecule has 1 aliphatic heterocycles. The third-order valence-corrected chi connectivity index (χ3v) is 4.71. The lowest BCUT2D eigenvalue weighted by Gasteiger charge is -2.23. The highest BCUT2D eigenvalue weighted by molar-refractivity contribution is 6.02. The van der Waals surface area contributed by atoms with Crippen LogP contribution in [0.4, 0.5) is 16.2 Å². The van der Waals surface area contributed by atoms with E-state index in [1.807, 2.05) is 18.2 Å². The van der Waals surface area contributed by atoms with Crippen LogP contribution in [0, 0.1) is 0 Å². The number of fused-ring (bicyclic) bond motifs is 1. The molecule has 2 aromatic rings. The summed E-state index contributed by atoms with van der Waals surface area (Å²) in [7, 11) is 0. The number of phenols is 1. The number of nitrogens with two attached hydrogens (primary N) is 1. The third kappa shape index (κ3) is 5.61. The summed E-state index contributed by atoms with van der Waals surface area (Å²) in [6.45, 7) is 2.08. The fourth-order valence-corrected chi connectivity index (χ4v) is 3.28. The second kappa shape index (κ2) is 9.79. The minimum atomic E-state index is -0.685. The molecule has 0 radical (unpaired) electrons. The van der Waals surface area contributed by atoms with E-state index in [0.717, 1.165) is 37.1 Å². The van der Waals surface area contributed by atoms with Crippen LogP contribution < -0.4 is 26.4 Å². The van der Waals surface area contributed by atoms with Gasteiger partial charge >= 0.3 is 6.03 Å². The van der Waals surface area contributed by atoms with Crippen LogP contribution in [0.15, 0.2) is 36.4 Å². The maximum absolute atomic E-state index is 11.7. The normalized spacial score (nSPS) is 12.8. The van der Waals surface area contributed by atoms with Crippen LogP contribution in [0.3, 0.4) is 0 Å². The van der Waals surface area contributed by atoms with Gasteiger partial charge in [0.25, 0.3) is 0 Å². The number of urea groups is 1. The molecule has 0 saturated carbocycles. The molecule has 154 valence electrons. The summed E-state index contributed by atoms with van der Waals surface area (Å²) >= 11 is 0. The van der Waals surface area contributed by atoms with E-state index < -0.39 is 6.03 Å². The Kier molecular flexibility index (Phi) is 6.91. The van der Waals surface area contributed by atoms with Gasteiger partial charge in [0.15, 0.2) is 0 Å². The Hall–Kier alpha value is -3.26. The standard InChI is InChI=1S/C21H26N4O4/c22-21(28)24-16-7-8-18(15-6-9-19(27)25-20(15)16)29-13-3-11-23-12-10-14-4-1-2-5-17(14)26/h1-2,4-5,7-8,23,26H,3,6,9-13H2,(H,25,27)(H3,22,24,28). The largest absolute Gasteiger partial charge is 0.508 e. The summed E-state index contributed by atoms with van der Waals surface area (Å²) in [6.07, 6.45) is 2.49. The van der Waals surface area contributed by atoms with Crippen LogP contribution >= 0.6 is 0 Å². The molecule has 0 aromatic heterocycles. The zero-order valence-corrected chi connectivity index (χ0v) is 16.2. The molecule has 1 heterocycles. The number of para-hydroxylation sites is 1. The minimum absolute atomic E-state index is 0.101. The molecule has 2 aromatic carbocycles. The number of rotatable bonds is 9. The summed E-state index contributed by atoms with van der Waals surface area (Å²) < 4.78 is 5.91. The van der Waals surface area contributed by atoms with E-state index in [0.29, 0.717) is 42.3 Å². The molecule has 0 atom stereocenters. The number of hydrogen-bond acceptors (Lipinski definition) is 5. The number of carbonyl (C=O) groups excluding carboxylic acids is 2. The number of nitrogens with one attached hydrogen (secondary N) is 3. The molecule has 0 saturated heterocycles. The SMILES string of the molecule is NC(=O)Nc1ccc(OCCCNCCc2ccccc2O)c2c1NC(=O)CC2. The molecule has 1 aliphatic rings. The van der Waals surface area contributed by atoms with Gasteiger partial charge in [0.1, 0.15) is 11.5 Å². The van der Waals surface area contributed by atoms with E-state index in [1.54, 1.807) is 18.2 Å². The molecule has 8 heteroatoms. The number of hydrogen-bond donors (Lipinski definition) is 5. The van der Waals surface area contributed by atoms with E-state index in [1.165, 1.54) is 0 Å². The van der Waals surface area contributed by atoms with Crippen LogP contribution in [0.1, 0.15) is 24.0 Å². The van der Waals surface area contributed by atoms with Gasteiger partial charge in [0.2, 0.25) is 5.91 Å². The first-order valence-corrected chi connectivity index (χ1v) is 9.67. The first-order valence-electron chi connectivity index (χ1n) is 9.67. The number of aromatic hydroxyl groups is 1. The number of primary amides is 1. The number of phenolic OH excluding ortho intramolecular Hbond substituents is 1. The second-order valence-electron chi connectivity index (χ2n) is 6.83. The average Bonchev–Trinajstić information content (AvgIpc) is 2.69. The third-order valence-electron chi connectivity index (χ3n) is 4.71. The fraction of sp³-hybridized carbons (Fsp3) is 0.333. The summed E-state index contributed by atoms with van der Waals surface area (Å²) in [4.78, 5) is 22.9. The molecule has 8 nitrogen and oxygen atoms in total. The van der Waals surface area contributed by atoms with Crippen molar-refractivity contribution in [2.75, 3.05) is 30.3 Å². The van der Waals surface area contributed by atoms with Crippen molar-refractivity contribution in [1.29, 1.82) is 0 Å². The van der Waals surface area contributed by atoms with Gasteiger partial charge in [-0.1, -0.05) is 18.2 Å². The second-order valence-corrected chi connectivity index (χ2v) is 6.83. The van der Waals surface area contributed by atoms with Crippen LogP contribution in [-0.2, 0) is 17.6 Å². The molecular weight excluding hydrogens is 372 g/mol. The molecular formula is C21H26N4O4. The predicted octanol–water partition coefficient (Wildman–Crippen LogP) is 2.37. The molecule has 0 spiro atoms. The Morgan fingerprint density at radius 2 is 2.00 bits per heavy atom. The summed E-state index contributed by atoms with van der Waals surface area (Å²) in [6, 6.07) is 10.1. The molecule has 0 aliphatic carbocycles. The van der Waals surface area contributed by atoms with Gasteiger partial charge in [-0.05, 0) is 56.1 Å². The number of amides is 3. The van der Waals surface area contributed by atoms with E-state index in [4.69, 9.17) is 10.5 Å². The zero-order valence-electron chi connectivity index (χ0n) is 16.2. The maximum Gasteiger partial charge on any atom is 0.316 e. The lowest BCUT2D eigenvalue weighted by molar-refractivity contribution is -0.116. The number of benzene rings is 2. The van der Waals surface area contributed by atoms with Crippen LogP contribution in [0.5, 0.6) is 11.5 Å². The van der Waals surface area contributed by atoms with Gasteiger partial charge in [-0.25, -0.2) is 4.79 Å². The number of anilines is 2. The van der Waals surface area contributed by atoms with Gasteiger partial charge in [0.05, 0.1) is 18.0 Å². The summed E-state index contributed by atoms with van der Waals surface area (Å²) in [5.41, 5.74) is 8.01. The first kappa shape index (κ1) is 20.5. The van der Waals surface area contributed by atoms with Crippen molar-refractivity contribution in [1.82, 2.24) is 5.32 Å². The van der Waals surface area contributed by atoms with Gasteiger partial charge in [0, 0.05) is 12.0 Å². The Morgan fingerprint density at radius 1 is 1.17 bits per heavy atom. The van der Waals surface area contributed by atoms with Crippen LogP contribution in [0.25, 0.3) is 0 Å². The Labute approximate surface area is 169 Å². The van der Waals surface area contributed by atoms with E-state index >= 15 is 0 Å². The highest BCUT2D eigenvalue weighted by atomic mass is 16.5. The molecule has 29 heavy (non-hydrogen) atoms. The minimum Gasteiger partial charge on any atom is -0.508 e. The molecule has 0 bridgehead atoms. The smallest absolute Gasteiger partial charge is 0.316 e. The first-order chi connectivity index (χ1) is 14.0. The highest BCUT2D eigenvalue weighted by Gasteiger charge is 2.22. The molecule has 0 unspecified atom stereocenters. The zero-order chi connectivity index (χ0) is 20.6. The predicted molar refractivity (Wildman–Crippen MR) is 111 cm³/mol. The van der Waals surface area contributed by atoms with Crippen molar-refractivity contribution in [2.45, 2.75) is 25.7 Å². The van der Waals surface area contributed by atoms with Crippen molar-refractivity contribution in [2.24, 2.45) is 5.73 Å². The highest BCUT2D eigenvalue weighted by Crippen LogP contribution is 2.37. The quantitative estimate of drug-likeness (QED) is 0.415. The fourth-order valence-electron chi connectivity index (χ4n) is 3.28. The van der Waals surface area contributed by atoms with Crippen LogP contribution in [-0.4, -0.2) is 36.7 Å². The Bertz CT molecular complexity index is 885. The van der Waals surface area contributed by atoms with Crippen molar-refractivity contribution < 1.29 is 19.4 Å². The van der Waals surface area contributed by atoms with E-state index in [2.05, 4.69) is 16.0 Å². The molecule has 0 fully saturated rings. The van der Waals surface area contributed by atoms with Crippen molar-refractivity contribution in [3.8, 4) is 11.5 Å². The van der Waals surface area contributed by atoms with Gasteiger partial charge in [-0.2, -0.15) is 0 Å². The lowest BCUT2D eigenvalue weighted by atomic mass is 10.0. The Balaban J connectivity index is 1.47. The maximum atomic E-state index is 11.7. The average molecular weight is 398 g/mol. The topological polar surface area (TPSA) is 126 Å². The molecule has 6 N–H and O–H groups in total. The lowest BCUT2D eigenvalue weighted by Crippen LogP contribution is -2.25. The van der Waals surface area contributed by atoms with Gasteiger partial charge in [-0.3, -0.25) is 4.79 Å². The molecule has 3 amide bonds. The Morgan fingerprint density at radius 3 is 2.79 bits per heavy atom. The van der Waals surface area contributed by atoms with Crippen molar-refractivity contribution in [3.05, 3.63) is 47.5 Å². The van der Waals surface area contributed by atoms with Gasteiger partial charge in [-0.15, -0.1) is 0 Å². The molecule has 3 rings (SSSR count). The number of carbonyl (C=O) groups is 2. The summed E-state index contributed by atoms with van der Waals surface area (Å²) in [5.74, 6) is 0.920. The van der Waals surface area contributed by atoms with Gasteiger partial charge < -0.3 is 31.5 Å². The summed E-state index contributed by atoms with van der Waals surface area (Å²) in [5, 5.41) is 18.4. The van der Waals surface area contributed by atoms with E-state index in [-0.39, 0.29) is 5.91 Å². The van der Waals surface area contributed by atoms with E-state index in [9.17, 15) is 14.7 Å². The van der Waals surface area contributed by atoms with Crippen molar-refractivity contribution in [3.63, 3.8) is 0 Å². The van der Waals surface area contributed by atoms with Crippen molar-refractivity contribution >= 4 is 23.3 Å². The monoisotopic (exact) mass is 398 g/mol.